The van der Waals surface area contributed by atoms with Gasteiger partial charge in [0.05, 0.1) is 6.10 Å². The highest BCUT2D eigenvalue weighted by Gasteiger charge is 2.54. The van der Waals surface area contributed by atoms with Gasteiger partial charge in [0, 0.05) is 13.2 Å². The molecule has 1 saturated heterocycles. The van der Waals surface area contributed by atoms with E-state index in [2.05, 4.69) is 0 Å². The molecule has 0 aromatic carbocycles. The standard InChI is InChI=1S/C12H21F3O3/c1-4-16-8-6-5-7-9-10(12(13,14)15)18-11(2,3)17-9/h9-10H,4-8H2,1-3H3. The predicted octanol–water partition coefficient (Wildman–Crippen LogP) is 3.28. The van der Waals surface area contributed by atoms with Gasteiger partial charge in [0.2, 0.25) is 0 Å². The van der Waals surface area contributed by atoms with Gasteiger partial charge >= 0.3 is 6.18 Å². The lowest BCUT2D eigenvalue weighted by Crippen LogP contribution is -2.37. The number of rotatable bonds is 6. The Morgan fingerprint density at radius 2 is 1.83 bits per heavy atom. The van der Waals surface area contributed by atoms with E-state index in [-0.39, 0.29) is 0 Å². The quantitative estimate of drug-likeness (QED) is 0.693. The summed E-state index contributed by atoms with van der Waals surface area (Å²) >= 11 is 0. The maximum atomic E-state index is 12.8. The van der Waals surface area contributed by atoms with Crippen molar-refractivity contribution in [3.8, 4) is 0 Å². The van der Waals surface area contributed by atoms with E-state index in [0.29, 0.717) is 26.1 Å². The van der Waals surface area contributed by atoms with Gasteiger partial charge in [-0.1, -0.05) is 0 Å². The molecule has 18 heavy (non-hydrogen) atoms. The molecule has 0 amide bonds. The van der Waals surface area contributed by atoms with Gasteiger partial charge in [-0.15, -0.1) is 0 Å². The molecule has 108 valence electrons. The van der Waals surface area contributed by atoms with Crippen LogP contribution in [0.15, 0.2) is 0 Å². The van der Waals surface area contributed by atoms with Crippen LogP contribution in [-0.4, -0.2) is 37.4 Å². The summed E-state index contributed by atoms with van der Waals surface area (Å²) in [7, 11) is 0. The van der Waals surface area contributed by atoms with Gasteiger partial charge in [-0.2, -0.15) is 13.2 Å². The molecular formula is C12H21F3O3. The summed E-state index contributed by atoms with van der Waals surface area (Å²) in [4.78, 5) is 0. The lowest BCUT2D eigenvalue weighted by atomic mass is 10.1. The Morgan fingerprint density at radius 1 is 1.17 bits per heavy atom. The fraction of sp³-hybridized carbons (Fsp3) is 1.00. The van der Waals surface area contributed by atoms with Crippen molar-refractivity contribution in [1.82, 2.24) is 0 Å². The first-order valence-corrected chi connectivity index (χ1v) is 6.26. The third kappa shape index (κ3) is 4.74. The zero-order valence-electron chi connectivity index (χ0n) is 11.0. The van der Waals surface area contributed by atoms with Crippen molar-refractivity contribution in [2.45, 2.75) is 64.2 Å². The van der Waals surface area contributed by atoms with E-state index in [0.717, 1.165) is 6.42 Å². The minimum Gasteiger partial charge on any atom is -0.382 e. The van der Waals surface area contributed by atoms with Crippen LogP contribution >= 0.6 is 0 Å². The van der Waals surface area contributed by atoms with Crippen LogP contribution in [0.4, 0.5) is 13.2 Å². The van der Waals surface area contributed by atoms with Crippen LogP contribution in [0.5, 0.6) is 0 Å². The number of ether oxygens (including phenoxy) is 3. The molecule has 0 bridgehead atoms. The van der Waals surface area contributed by atoms with Crippen molar-refractivity contribution in [1.29, 1.82) is 0 Å². The number of hydrogen-bond acceptors (Lipinski definition) is 3. The molecule has 1 aliphatic heterocycles. The molecule has 1 aliphatic rings. The van der Waals surface area contributed by atoms with Gasteiger partial charge in [0.25, 0.3) is 0 Å². The van der Waals surface area contributed by atoms with Crippen molar-refractivity contribution in [2.24, 2.45) is 0 Å². The molecule has 2 atom stereocenters. The second kappa shape index (κ2) is 6.21. The van der Waals surface area contributed by atoms with Crippen LogP contribution in [0.25, 0.3) is 0 Å². The molecule has 2 unspecified atom stereocenters. The second-order valence-corrected chi connectivity index (χ2v) is 4.83. The van der Waals surface area contributed by atoms with E-state index in [1.807, 2.05) is 6.92 Å². The van der Waals surface area contributed by atoms with Gasteiger partial charge in [0.15, 0.2) is 11.9 Å². The fourth-order valence-corrected chi connectivity index (χ4v) is 2.02. The maximum Gasteiger partial charge on any atom is 0.417 e. The van der Waals surface area contributed by atoms with E-state index in [4.69, 9.17) is 14.2 Å². The monoisotopic (exact) mass is 270 g/mol. The Labute approximate surface area is 106 Å². The Balaban J connectivity index is 2.42. The largest absolute Gasteiger partial charge is 0.417 e. The molecule has 0 aromatic rings. The summed E-state index contributed by atoms with van der Waals surface area (Å²) in [6.45, 7) is 6.10. The smallest absolute Gasteiger partial charge is 0.382 e. The van der Waals surface area contributed by atoms with Gasteiger partial charge < -0.3 is 14.2 Å². The van der Waals surface area contributed by atoms with Crippen LogP contribution in [0.3, 0.4) is 0 Å². The predicted molar refractivity (Wildman–Crippen MR) is 60.2 cm³/mol. The molecule has 0 saturated carbocycles. The fourth-order valence-electron chi connectivity index (χ4n) is 2.02. The minimum atomic E-state index is -4.38. The lowest BCUT2D eigenvalue weighted by Gasteiger charge is -2.19. The Kier molecular flexibility index (Phi) is 5.43. The maximum absolute atomic E-state index is 12.8. The van der Waals surface area contributed by atoms with Crippen LogP contribution in [-0.2, 0) is 14.2 Å². The lowest BCUT2D eigenvalue weighted by molar-refractivity contribution is -0.233. The molecule has 0 radical (unpaired) electrons. The molecule has 0 aliphatic carbocycles. The Bertz CT molecular complexity index is 253. The molecule has 3 nitrogen and oxygen atoms in total. The highest BCUT2D eigenvalue weighted by Crippen LogP contribution is 2.39. The van der Waals surface area contributed by atoms with E-state index >= 15 is 0 Å². The molecule has 0 N–H and O–H groups in total. The third-order valence-electron chi connectivity index (χ3n) is 2.74. The van der Waals surface area contributed by atoms with Crippen LogP contribution in [0.2, 0.25) is 0 Å². The number of unbranched alkanes of at least 4 members (excludes halogenated alkanes) is 1. The van der Waals surface area contributed by atoms with Gasteiger partial charge in [-0.05, 0) is 40.0 Å². The summed E-state index contributed by atoms with van der Waals surface area (Å²) in [6, 6.07) is 0. The van der Waals surface area contributed by atoms with E-state index in [1.54, 1.807) is 0 Å². The van der Waals surface area contributed by atoms with E-state index < -0.39 is 24.2 Å². The van der Waals surface area contributed by atoms with E-state index in [1.165, 1.54) is 13.8 Å². The molecule has 6 heteroatoms. The third-order valence-corrected chi connectivity index (χ3v) is 2.74. The van der Waals surface area contributed by atoms with Crippen LogP contribution < -0.4 is 0 Å². The van der Waals surface area contributed by atoms with Gasteiger partial charge in [-0.3, -0.25) is 0 Å². The van der Waals surface area contributed by atoms with Gasteiger partial charge in [-0.25, -0.2) is 0 Å². The first-order chi connectivity index (χ1) is 8.26. The normalized spacial score (nSPS) is 27.7. The summed E-state index contributed by atoms with van der Waals surface area (Å²) in [5.74, 6) is -1.16. The van der Waals surface area contributed by atoms with Crippen molar-refractivity contribution < 1.29 is 27.4 Å². The summed E-state index contributed by atoms with van der Waals surface area (Å²) in [5, 5.41) is 0. The zero-order valence-corrected chi connectivity index (χ0v) is 11.0. The number of alkyl halides is 3. The molecule has 1 fully saturated rings. The summed E-state index contributed by atoms with van der Waals surface area (Å²) in [5.41, 5.74) is 0. The van der Waals surface area contributed by atoms with Crippen molar-refractivity contribution >= 4 is 0 Å². The minimum absolute atomic E-state index is 0.334. The Hall–Kier alpha value is -0.330. The van der Waals surface area contributed by atoms with Crippen molar-refractivity contribution in [3.05, 3.63) is 0 Å². The second-order valence-electron chi connectivity index (χ2n) is 4.83. The summed E-state index contributed by atoms with van der Waals surface area (Å²) < 4.78 is 53.6. The highest BCUT2D eigenvalue weighted by molar-refractivity contribution is 4.86. The average molecular weight is 270 g/mol. The molecule has 0 aromatic heterocycles. The van der Waals surface area contributed by atoms with Gasteiger partial charge in [0.1, 0.15) is 0 Å². The van der Waals surface area contributed by atoms with E-state index in [9.17, 15) is 13.2 Å². The molecular weight excluding hydrogens is 249 g/mol. The SMILES string of the molecule is CCOCCCCC1OC(C)(C)OC1C(F)(F)F. The van der Waals surface area contributed by atoms with Crippen molar-refractivity contribution in [3.63, 3.8) is 0 Å². The molecule has 1 heterocycles. The number of halogens is 3. The Morgan fingerprint density at radius 3 is 2.39 bits per heavy atom. The number of hydrogen-bond donors (Lipinski definition) is 0. The topological polar surface area (TPSA) is 27.7 Å². The van der Waals surface area contributed by atoms with Crippen LogP contribution in [0, 0.1) is 0 Å². The summed E-state index contributed by atoms with van der Waals surface area (Å²) in [6.07, 6.45) is -5.41. The first-order valence-electron chi connectivity index (χ1n) is 6.26. The highest BCUT2D eigenvalue weighted by atomic mass is 19.4. The van der Waals surface area contributed by atoms with Crippen molar-refractivity contribution in [2.75, 3.05) is 13.2 Å². The molecule has 1 rings (SSSR count). The zero-order chi connectivity index (χ0) is 13.8. The molecule has 0 spiro atoms. The van der Waals surface area contributed by atoms with Crippen LogP contribution in [0.1, 0.15) is 40.0 Å². The first kappa shape index (κ1) is 15.7. The average Bonchev–Trinajstić information content (AvgIpc) is 2.53.